The maximum atomic E-state index is 9.22. The molecule has 0 aromatic carbocycles. The topological polar surface area (TPSA) is 96.6 Å². The lowest BCUT2D eigenvalue weighted by molar-refractivity contribution is 0.177. The lowest BCUT2D eigenvalue weighted by Crippen LogP contribution is -2.47. The highest BCUT2D eigenvalue weighted by atomic mass is 16.5. The fourth-order valence-corrected chi connectivity index (χ4v) is 3.32. The van der Waals surface area contributed by atoms with Crippen LogP contribution in [0.25, 0.3) is 0 Å². The normalized spacial score (nSPS) is 18.5. The van der Waals surface area contributed by atoms with Crippen LogP contribution in [0.5, 0.6) is 0 Å². The molecule has 1 aromatic heterocycles. The summed E-state index contributed by atoms with van der Waals surface area (Å²) in [5.74, 6) is 3.06. The smallest absolute Gasteiger partial charge is 0.191 e. The van der Waals surface area contributed by atoms with Gasteiger partial charge in [0, 0.05) is 39.3 Å². The number of rotatable bonds is 10. The van der Waals surface area contributed by atoms with E-state index in [4.69, 9.17) is 9.73 Å². The maximum absolute atomic E-state index is 9.22. The van der Waals surface area contributed by atoms with E-state index in [1.807, 2.05) is 4.68 Å². The number of aromatic nitrogens is 3. The van der Waals surface area contributed by atoms with E-state index in [2.05, 4.69) is 34.6 Å². The Kier molecular flexibility index (Phi) is 8.84. The number of guanidine groups is 1. The summed E-state index contributed by atoms with van der Waals surface area (Å²) < 4.78 is 7.10. The molecule has 148 valence electrons. The number of hydrogen-bond donors (Lipinski definition) is 3. The number of hydrogen-bond acceptors (Lipinski definition) is 5. The van der Waals surface area contributed by atoms with Crippen molar-refractivity contribution >= 4 is 5.96 Å². The Morgan fingerprint density at radius 3 is 2.96 bits per heavy atom. The molecule has 8 heteroatoms. The molecular formula is C18H34N6O2. The van der Waals surface area contributed by atoms with Gasteiger partial charge in [0.2, 0.25) is 0 Å². The van der Waals surface area contributed by atoms with Crippen LogP contribution in [-0.2, 0) is 24.3 Å². The lowest BCUT2D eigenvalue weighted by Gasteiger charge is -2.25. The molecular weight excluding hydrogens is 332 g/mol. The van der Waals surface area contributed by atoms with E-state index in [0.29, 0.717) is 12.5 Å². The molecule has 0 saturated heterocycles. The van der Waals surface area contributed by atoms with Gasteiger partial charge in [0.25, 0.3) is 0 Å². The summed E-state index contributed by atoms with van der Waals surface area (Å²) >= 11 is 0. The number of aliphatic imine (C=N–C) groups is 1. The van der Waals surface area contributed by atoms with Crippen molar-refractivity contribution in [3.8, 4) is 0 Å². The average Bonchev–Trinajstić information content (AvgIpc) is 3.02. The van der Waals surface area contributed by atoms with Gasteiger partial charge in [-0.1, -0.05) is 13.3 Å². The highest BCUT2D eigenvalue weighted by molar-refractivity contribution is 5.80. The molecule has 1 aliphatic rings. The third kappa shape index (κ3) is 6.25. The van der Waals surface area contributed by atoms with Gasteiger partial charge in [-0.15, -0.1) is 0 Å². The first kappa shape index (κ1) is 20.6. The number of ether oxygens (including phenoxy) is 1. The molecule has 0 spiro atoms. The first-order valence-corrected chi connectivity index (χ1v) is 9.77. The first-order valence-electron chi connectivity index (χ1n) is 9.77. The molecule has 0 amide bonds. The molecule has 0 radical (unpaired) electrons. The van der Waals surface area contributed by atoms with Gasteiger partial charge >= 0.3 is 0 Å². The zero-order valence-corrected chi connectivity index (χ0v) is 16.4. The number of methoxy groups -OCH3 is 1. The zero-order valence-electron chi connectivity index (χ0n) is 16.4. The summed E-state index contributed by atoms with van der Waals surface area (Å²) in [6.07, 6.45) is 4.93. The highest BCUT2D eigenvalue weighted by Crippen LogP contribution is 2.14. The van der Waals surface area contributed by atoms with E-state index in [1.54, 1.807) is 7.11 Å². The maximum Gasteiger partial charge on any atom is 0.191 e. The molecule has 0 aliphatic carbocycles. The van der Waals surface area contributed by atoms with E-state index in [-0.39, 0.29) is 12.6 Å². The second kappa shape index (κ2) is 11.1. The van der Waals surface area contributed by atoms with Gasteiger partial charge < -0.3 is 20.5 Å². The molecule has 2 heterocycles. The predicted molar refractivity (Wildman–Crippen MR) is 102 cm³/mol. The Bertz CT molecular complexity index is 554. The Labute approximate surface area is 156 Å². The van der Waals surface area contributed by atoms with Gasteiger partial charge in [-0.2, -0.15) is 5.10 Å². The van der Waals surface area contributed by atoms with Crippen molar-refractivity contribution in [2.75, 3.05) is 26.8 Å². The summed E-state index contributed by atoms with van der Waals surface area (Å²) in [6.45, 7) is 7.27. The molecule has 0 fully saturated rings. The van der Waals surface area contributed by atoms with Crippen LogP contribution in [0, 0.1) is 5.92 Å². The Morgan fingerprint density at radius 2 is 2.27 bits per heavy atom. The summed E-state index contributed by atoms with van der Waals surface area (Å²) in [5.41, 5.74) is 0. The molecule has 8 nitrogen and oxygen atoms in total. The molecule has 0 saturated carbocycles. The van der Waals surface area contributed by atoms with Crippen molar-refractivity contribution in [3.63, 3.8) is 0 Å². The summed E-state index contributed by atoms with van der Waals surface area (Å²) in [7, 11) is 1.66. The summed E-state index contributed by atoms with van der Waals surface area (Å²) in [5, 5.41) is 20.6. The van der Waals surface area contributed by atoms with Crippen molar-refractivity contribution < 1.29 is 9.84 Å². The minimum atomic E-state index is 0.228. The molecule has 2 rings (SSSR count). The number of fused-ring (bicyclic) bond motifs is 1. The van der Waals surface area contributed by atoms with Crippen LogP contribution in [0.4, 0.5) is 0 Å². The molecule has 1 aromatic rings. The third-order valence-electron chi connectivity index (χ3n) is 4.60. The summed E-state index contributed by atoms with van der Waals surface area (Å²) in [4.78, 5) is 9.27. The van der Waals surface area contributed by atoms with Gasteiger partial charge in [0.1, 0.15) is 12.4 Å². The Balaban J connectivity index is 1.95. The molecule has 2 unspecified atom stereocenters. The van der Waals surface area contributed by atoms with Gasteiger partial charge in [0.15, 0.2) is 11.8 Å². The van der Waals surface area contributed by atoms with Crippen molar-refractivity contribution in [1.29, 1.82) is 0 Å². The fourth-order valence-electron chi connectivity index (χ4n) is 3.32. The predicted octanol–water partition coefficient (Wildman–Crippen LogP) is 1.09. The van der Waals surface area contributed by atoms with Crippen LogP contribution in [0.2, 0.25) is 0 Å². The highest BCUT2D eigenvalue weighted by Gasteiger charge is 2.22. The van der Waals surface area contributed by atoms with E-state index in [1.165, 1.54) is 0 Å². The van der Waals surface area contributed by atoms with Gasteiger partial charge in [-0.3, -0.25) is 4.99 Å². The number of nitrogens with one attached hydrogen (secondary N) is 2. The number of aliphatic hydroxyl groups excluding tert-OH is 1. The monoisotopic (exact) mass is 366 g/mol. The second-order valence-electron chi connectivity index (χ2n) is 6.83. The number of aryl methyl sites for hydroxylation is 1. The van der Waals surface area contributed by atoms with Crippen LogP contribution < -0.4 is 10.6 Å². The molecule has 1 aliphatic heterocycles. The average molecular weight is 367 g/mol. The number of nitrogens with zero attached hydrogens (tertiary/aromatic N) is 4. The lowest BCUT2D eigenvalue weighted by atomic mass is 10.0. The fraction of sp³-hybridized carbons (Fsp3) is 0.833. The van der Waals surface area contributed by atoms with E-state index in [9.17, 15) is 5.11 Å². The first-order chi connectivity index (χ1) is 12.7. The zero-order chi connectivity index (χ0) is 18.8. The minimum Gasteiger partial charge on any atom is -0.396 e. The van der Waals surface area contributed by atoms with Crippen LogP contribution >= 0.6 is 0 Å². The Hall–Kier alpha value is -1.67. The van der Waals surface area contributed by atoms with Gasteiger partial charge in [-0.25, -0.2) is 9.67 Å². The minimum absolute atomic E-state index is 0.228. The standard InChI is InChI=1S/C18H34N6O2/c1-4-6-14(9-10-25)11-20-18(19-5-2)21-15-7-8-17-22-16(13-26-3)23-24(17)12-15/h14-15,25H,4-13H2,1-3H3,(H2,19,20,21). The van der Waals surface area contributed by atoms with Gasteiger partial charge in [0.05, 0.1) is 6.54 Å². The van der Waals surface area contributed by atoms with Crippen LogP contribution in [0.3, 0.4) is 0 Å². The molecule has 3 N–H and O–H groups in total. The van der Waals surface area contributed by atoms with Crippen LogP contribution in [0.15, 0.2) is 4.99 Å². The molecule has 2 atom stereocenters. The van der Waals surface area contributed by atoms with Crippen molar-refractivity contribution in [3.05, 3.63) is 11.6 Å². The van der Waals surface area contributed by atoms with Crippen molar-refractivity contribution in [2.24, 2.45) is 10.9 Å². The van der Waals surface area contributed by atoms with Crippen molar-refractivity contribution in [2.45, 2.75) is 65.1 Å². The second-order valence-corrected chi connectivity index (χ2v) is 6.83. The molecule has 26 heavy (non-hydrogen) atoms. The quantitative estimate of drug-likeness (QED) is 0.424. The van der Waals surface area contributed by atoms with E-state index >= 15 is 0 Å². The van der Waals surface area contributed by atoms with E-state index in [0.717, 1.165) is 69.3 Å². The van der Waals surface area contributed by atoms with Crippen LogP contribution in [-0.4, -0.2) is 58.7 Å². The summed E-state index contributed by atoms with van der Waals surface area (Å²) in [6, 6.07) is 0.278. The van der Waals surface area contributed by atoms with Crippen molar-refractivity contribution in [1.82, 2.24) is 25.4 Å². The van der Waals surface area contributed by atoms with Crippen LogP contribution in [0.1, 0.15) is 51.2 Å². The third-order valence-corrected chi connectivity index (χ3v) is 4.60. The van der Waals surface area contributed by atoms with Gasteiger partial charge in [-0.05, 0) is 32.1 Å². The molecule has 0 bridgehead atoms. The largest absolute Gasteiger partial charge is 0.396 e. The van der Waals surface area contributed by atoms with E-state index < -0.39 is 0 Å². The Morgan fingerprint density at radius 1 is 1.42 bits per heavy atom. The SMILES string of the molecule is CCCC(CCO)CN=C(NCC)NC1CCc2nc(COC)nn2C1. The number of aliphatic hydroxyl groups is 1.